The molecule has 0 aromatic carbocycles. The summed E-state index contributed by atoms with van der Waals surface area (Å²) < 4.78 is 26.2. The zero-order chi connectivity index (χ0) is 16.3. The fraction of sp³-hybridized carbons (Fsp3) is 0.462. The Bertz CT molecular complexity index is 676. The van der Waals surface area contributed by atoms with Crippen molar-refractivity contribution in [2.75, 3.05) is 12.0 Å². The van der Waals surface area contributed by atoms with Crippen LogP contribution >= 0.6 is 23.4 Å². The van der Waals surface area contributed by atoms with Gasteiger partial charge in [0.1, 0.15) is 6.67 Å². The molecule has 2 heterocycles. The first-order valence-corrected chi connectivity index (χ1v) is 7.80. The second-order valence-electron chi connectivity index (χ2n) is 4.70. The Morgan fingerprint density at radius 3 is 2.95 bits per heavy atom. The quantitative estimate of drug-likeness (QED) is 0.846. The van der Waals surface area contributed by atoms with Gasteiger partial charge < -0.3 is 9.88 Å². The number of carbonyl (C=O) groups is 1. The van der Waals surface area contributed by atoms with Gasteiger partial charge in [0.2, 0.25) is 5.91 Å². The van der Waals surface area contributed by atoms with E-state index in [2.05, 4.69) is 5.32 Å². The normalized spacial score (nSPS) is 24.0. The van der Waals surface area contributed by atoms with Crippen LogP contribution in [-0.2, 0) is 11.3 Å². The smallest absolute Gasteiger partial charge is 0.286 e. The first-order chi connectivity index (χ1) is 10.5. The molecule has 5 nitrogen and oxygen atoms in total. The molecular formula is C13H12ClF2N3O2S. The molecule has 0 bridgehead atoms. The van der Waals surface area contributed by atoms with Crippen LogP contribution in [0.15, 0.2) is 17.1 Å². The van der Waals surface area contributed by atoms with Gasteiger partial charge in [-0.05, 0) is 6.42 Å². The fourth-order valence-corrected chi connectivity index (χ4v) is 3.78. The molecule has 3 atom stereocenters. The van der Waals surface area contributed by atoms with E-state index >= 15 is 0 Å². The minimum Gasteiger partial charge on any atom is -0.324 e. The Balaban J connectivity index is 2.13. The highest BCUT2D eigenvalue weighted by Crippen LogP contribution is 2.40. The predicted octanol–water partition coefficient (Wildman–Crippen LogP) is 2.11. The maximum atomic E-state index is 13.5. The lowest BCUT2D eigenvalue weighted by atomic mass is 10.1. The molecule has 1 N–H and O–H groups in total. The number of pyridine rings is 1. The molecule has 1 aromatic rings. The molecule has 22 heavy (non-hydrogen) atoms. The number of nitrogens with zero attached hydrogens (tertiary/aromatic N) is 2. The summed E-state index contributed by atoms with van der Waals surface area (Å²) in [5.41, 5.74) is -0.890. The minimum absolute atomic E-state index is 0.0580. The van der Waals surface area contributed by atoms with E-state index < -0.39 is 39.8 Å². The Labute approximate surface area is 134 Å². The zero-order valence-corrected chi connectivity index (χ0v) is 12.8. The van der Waals surface area contributed by atoms with Gasteiger partial charge in [-0.2, -0.15) is 5.26 Å². The monoisotopic (exact) mass is 347 g/mol. The van der Waals surface area contributed by atoms with Crippen molar-refractivity contribution in [1.29, 1.82) is 5.26 Å². The molecule has 118 valence electrons. The van der Waals surface area contributed by atoms with Crippen molar-refractivity contribution in [1.82, 2.24) is 4.57 Å². The third kappa shape index (κ3) is 3.59. The summed E-state index contributed by atoms with van der Waals surface area (Å²) in [6, 6.07) is 2.91. The number of carbonyl (C=O) groups excluding carboxylic acids is 1. The van der Waals surface area contributed by atoms with Gasteiger partial charge >= 0.3 is 0 Å². The highest BCUT2D eigenvalue weighted by atomic mass is 35.5. The lowest BCUT2D eigenvalue weighted by Gasteiger charge is -2.12. The summed E-state index contributed by atoms with van der Waals surface area (Å²) in [7, 11) is 0. The van der Waals surface area contributed by atoms with Crippen molar-refractivity contribution in [3.63, 3.8) is 0 Å². The van der Waals surface area contributed by atoms with Crippen LogP contribution in [-0.4, -0.2) is 27.1 Å². The highest BCUT2D eigenvalue weighted by molar-refractivity contribution is 8.02. The van der Waals surface area contributed by atoms with E-state index in [0.717, 1.165) is 22.4 Å². The number of rotatable bonds is 4. The van der Waals surface area contributed by atoms with Gasteiger partial charge in [-0.25, -0.2) is 8.78 Å². The number of thioether (sulfide) groups is 1. The van der Waals surface area contributed by atoms with Crippen LogP contribution < -0.4 is 10.9 Å². The maximum absolute atomic E-state index is 13.5. The van der Waals surface area contributed by atoms with Gasteiger partial charge in [0, 0.05) is 12.3 Å². The van der Waals surface area contributed by atoms with Crippen molar-refractivity contribution in [3.05, 3.63) is 28.4 Å². The summed E-state index contributed by atoms with van der Waals surface area (Å²) in [4.78, 5) is 23.5. The third-order valence-corrected chi connectivity index (χ3v) is 5.11. The number of hydrogen-bond acceptors (Lipinski definition) is 4. The Hall–Kier alpha value is -1.59. The first kappa shape index (κ1) is 16.8. The molecule has 0 aliphatic carbocycles. The summed E-state index contributed by atoms with van der Waals surface area (Å²) in [6.45, 7) is -1.12. The molecule has 1 fully saturated rings. The summed E-state index contributed by atoms with van der Waals surface area (Å²) in [5.74, 6) is -1.94. The average molecular weight is 348 g/mol. The van der Waals surface area contributed by atoms with Gasteiger partial charge in [-0.3, -0.25) is 9.59 Å². The first-order valence-electron chi connectivity index (χ1n) is 6.42. The van der Waals surface area contributed by atoms with E-state index in [1.807, 2.05) is 6.07 Å². The molecule has 0 saturated carbocycles. The van der Waals surface area contributed by atoms with Gasteiger partial charge in [0.25, 0.3) is 5.56 Å². The molecule has 9 heteroatoms. The number of halogens is 3. The van der Waals surface area contributed by atoms with Crippen molar-refractivity contribution in [3.8, 4) is 6.07 Å². The van der Waals surface area contributed by atoms with Crippen LogP contribution in [0, 0.1) is 23.1 Å². The average Bonchev–Trinajstić information content (AvgIpc) is 2.85. The second-order valence-corrected chi connectivity index (χ2v) is 6.78. The number of aromatic nitrogens is 1. The van der Waals surface area contributed by atoms with Crippen molar-refractivity contribution >= 4 is 35.0 Å². The largest absolute Gasteiger partial charge is 0.324 e. The van der Waals surface area contributed by atoms with Crippen LogP contribution in [0.2, 0.25) is 0 Å². The Morgan fingerprint density at radius 1 is 1.64 bits per heavy atom. The number of nitriles is 1. The van der Waals surface area contributed by atoms with E-state index in [4.69, 9.17) is 16.9 Å². The van der Waals surface area contributed by atoms with E-state index in [9.17, 15) is 18.4 Å². The molecule has 0 spiro atoms. The fourth-order valence-electron chi connectivity index (χ4n) is 2.07. The molecule has 1 aliphatic heterocycles. The number of alkyl halides is 2. The number of aryl methyl sites for hydroxylation is 1. The molecule has 1 aliphatic rings. The second kappa shape index (κ2) is 7.11. The number of nitrogens with one attached hydrogen (secondary N) is 1. The molecular weight excluding hydrogens is 336 g/mol. The number of hydrogen-bond donors (Lipinski definition) is 1. The predicted molar refractivity (Wildman–Crippen MR) is 80.0 cm³/mol. The van der Waals surface area contributed by atoms with E-state index in [-0.39, 0.29) is 12.2 Å². The van der Waals surface area contributed by atoms with Gasteiger partial charge in [0.05, 0.1) is 34.2 Å². The Kier molecular flexibility index (Phi) is 5.42. The molecule has 1 amide bonds. The third-order valence-electron chi connectivity index (χ3n) is 3.17. The van der Waals surface area contributed by atoms with Gasteiger partial charge in [-0.15, -0.1) is 23.4 Å². The van der Waals surface area contributed by atoms with Gasteiger partial charge in [-0.1, -0.05) is 0 Å². The molecule has 1 aromatic heterocycles. The van der Waals surface area contributed by atoms with Crippen LogP contribution in [0.25, 0.3) is 0 Å². The lowest BCUT2D eigenvalue weighted by molar-refractivity contribution is -0.115. The van der Waals surface area contributed by atoms with Crippen LogP contribution in [0.3, 0.4) is 0 Å². The molecule has 1 saturated heterocycles. The van der Waals surface area contributed by atoms with Gasteiger partial charge in [0.15, 0.2) is 5.82 Å². The molecule has 2 rings (SSSR count). The molecule has 0 radical (unpaired) electrons. The topological polar surface area (TPSA) is 74.9 Å². The van der Waals surface area contributed by atoms with Crippen LogP contribution in [0.5, 0.6) is 0 Å². The van der Waals surface area contributed by atoms with Crippen molar-refractivity contribution in [2.45, 2.75) is 22.9 Å². The van der Waals surface area contributed by atoms with Crippen LogP contribution in [0.1, 0.15) is 6.42 Å². The highest BCUT2D eigenvalue weighted by Gasteiger charge is 2.37. The van der Waals surface area contributed by atoms with Crippen molar-refractivity contribution in [2.24, 2.45) is 5.92 Å². The van der Waals surface area contributed by atoms with E-state index in [1.54, 1.807) is 0 Å². The maximum Gasteiger partial charge on any atom is 0.286 e. The summed E-state index contributed by atoms with van der Waals surface area (Å²) >= 11 is 7.10. The zero-order valence-electron chi connectivity index (χ0n) is 11.3. The van der Waals surface area contributed by atoms with E-state index in [1.165, 1.54) is 6.20 Å². The minimum atomic E-state index is -1.07. The van der Waals surface area contributed by atoms with Crippen molar-refractivity contribution < 1.29 is 13.6 Å². The van der Waals surface area contributed by atoms with Crippen LogP contribution in [0.4, 0.5) is 14.5 Å². The summed E-state index contributed by atoms with van der Waals surface area (Å²) in [6.07, 6.45) is 1.48. The van der Waals surface area contributed by atoms with E-state index in [0.29, 0.717) is 6.42 Å². The SMILES string of the molecule is N#CC1CC(C(=O)Nc2cc(F)c(=O)n(CCF)c2)SC1Cl. The standard InChI is InChI=1S/C13H12ClF2N3O2S/c14-11-7(5-17)3-10(22-11)12(20)18-8-4-9(16)13(21)19(6-8)2-1-15/h4,6-7,10-11H,1-3H2,(H,18,20). The summed E-state index contributed by atoms with van der Waals surface area (Å²) in [5, 5.41) is 10.8. The molecule has 3 unspecified atom stereocenters. The number of anilines is 1. The Morgan fingerprint density at radius 2 is 2.36 bits per heavy atom. The lowest BCUT2D eigenvalue weighted by Crippen LogP contribution is -2.27. The number of amides is 1.